The van der Waals surface area contributed by atoms with Gasteiger partial charge in [-0.2, -0.15) is 0 Å². The molecular formula is C16H30NO2Y-. The Balaban J connectivity index is 0. The summed E-state index contributed by atoms with van der Waals surface area (Å²) in [4.78, 5) is 14.3. The molecule has 4 heteroatoms. The normalized spacial score (nSPS) is 16.5. The Hall–Kier alpha value is 0.304. The maximum atomic E-state index is 12.4. The zero-order valence-electron chi connectivity index (χ0n) is 13.8. The van der Waals surface area contributed by atoms with Gasteiger partial charge in [-0.1, -0.05) is 27.2 Å². The van der Waals surface area contributed by atoms with Crippen LogP contribution in [0.25, 0.3) is 0 Å². The van der Waals surface area contributed by atoms with E-state index in [9.17, 15) is 9.90 Å². The molecule has 115 valence electrons. The minimum absolute atomic E-state index is 0. The predicted molar refractivity (Wildman–Crippen MR) is 80.8 cm³/mol. The molecule has 0 saturated carbocycles. The van der Waals surface area contributed by atoms with E-state index in [-0.39, 0.29) is 56.4 Å². The molecule has 0 bridgehead atoms. The molecule has 0 spiro atoms. The second-order valence-electron chi connectivity index (χ2n) is 5.94. The van der Waals surface area contributed by atoms with Gasteiger partial charge in [0.2, 0.25) is 0 Å². The molecule has 0 aromatic heterocycles. The zero-order chi connectivity index (χ0) is 15.2. The molecule has 0 aliphatic rings. The maximum Gasteiger partial charge on any atom is 0.155 e. The number of aliphatic hydroxyl groups excluding tert-OH is 1. The zero-order valence-corrected chi connectivity index (χ0v) is 16.7. The van der Waals surface area contributed by atoms with Gasteiger partial charge in [-0.15, -0.1) is 0 Å². The molecule has 0 aliphatic heterocycles. The Morgan fingerprint density at radius 1 is 1.25 bits per heavy atom. The first-order valence-electron chi connectivity index (χ1n) is 7.11. The van der Waals surface area contributed by atoms with Gasteiger partial charge >= 0.3 is 0 Å². The van der Waals surface area contributed by atoms with Crippen molar-refractivity contribution in [2.24, 2.45) is 11.8 Å². The topological polar surface area (TPSA) is 40.5 Å². The fraction of sp³-hybridized carbons (Fsp3) is 0.750. The van der Waals surface area contributed by atoms with Crippen molar-refractivity contribution in [2.45, 2.75) is 59.2 Å². The second-order valence-corrected chi connectivity index (χ2v) is 5.94. The van der Waals surface area contributed by atoms with Crippen LogP contribution in [0, 0.1) is 18.8 Å². The van der Waals surface area contributed by atoms with E-state index in [1.807, 2.05) is 52.6 Å². The van der Waals surface area contributed by atoms with E-state index in [1.54, 1.807) is 6.08 Å². The van der Waals surface area contributed by atoms with Crippen LogP contribution in [-0.4, -0.2) is 41.0 Å². The van der Waals surface area contributed by atoms with Gasteiger partial charge in [0.1, 0.15) is 0 Å². The average Bonchev–Trinajstić information content (AvgIpc) is 2.35. The molecular weight excluding hydrogens is 327 g/mol. The van der Waals surface area contributed by atoms with Crippen molar-refractivity contribution in [2.75, 3.05) is 7.05 Å². The molecule has 3 nitrogen and oxygen atoms in total. The van der Waals surface area contributed by atoms with Crippen LogP contribution < -0.4 is 0 Å². The molecule has 3 atom stereocenters. The van der Waals surface area contributed by atoms with E-state index in [4.69, 9.17) is 0 Å². The van der Waals surface area contributed by atoms with Gasteiger partial charge in [-0.05, 0) is 26.8 Å². The average molecular weight is 357 g/mol. The van der Waals surface area contributed by atoms with Crippen LogP contribution in [0.15, 0.2) is 12.2 Å². The number of aliphatic hydroxyl groups is 1. The van der Waals surface area contributed by atoms with Crippen LogP contribution in [0.1, 0.15) is 41.0 Å². The standard InChI is InChI=1S/C16H30NO2.Y/c1-8-9-10-13(6)16(19)14(15(18)11(2)3)17(7)12(4)5;/h8-9,11-14,16,19H,1,10H2,2-7H3;/q-1;/b9-8+;/t13-,14?,16?;/m1./s1. The van der Waals surface area contributed by atoms with Crippen molar-refractivity contribution < 1.29 is 42.6 Å². The molecule has 1 N–H and O–H groups in total. The smallest absolute Gasteiger partial charge is 0.155 e. The fourth-order valence-corrected chi connectivity index (χ4v) is 2.03. The summed E-state index contributed by atoms with van der Waals surface area (Å²) in [5.41, 5.74) is 0. The Labute approximate surface area is 150 Å². The molecule has 0 rings (SSSR count). The van der Waals surface area contributed by atoms with Gasteiger partial charge < -0.3 is 5.11 Å². The molecule has 0 heterocycles. The molecule has 2 unspecified atom stereocenters. The Bertz CT molecular complexity index is 303. The molecule has 0 aromatic rings. The third-order valence-electron chi connectivity index (χ3n) is 3.69. The van der Waals surface area contributed by atoms with E-state index in [2.05, 4.69) is 6.92 Å². The van der Waals surface area contributed by atoms with E-state index in [0.717, 1.165) is 6.42 Å². The summed E-state index contributed by atoms with van der Waals surface area (Å²) in [7, 11) is 1.91. The van der Waals surface area contributed by atoms with Crippen LogP contribution >= 0.6 is 0 Å². The Kier molecular flexibility index (Phi) is 12.4. The first-order chi connectivity index (χ1) is 8.73. The van der Waals surface area contributed by atoms with Crippen LogP contribution in [0.4, 0.5) is 0 Å². The van der Waals surface area contributed by atoms with Gasteiger partial charge in [0.05, 0.1) is 12.1 Å². The number of likely N-dealkylation sites (N-methyl/N-ethyl adjacent to an activating group) is 1. The Morgan fingerprint density at radius 2 is 1.75 bits per heavy atom. The van der Waals surface area contributed by atoms with E-state index >= 15 is 0 Å². The van der Waals surface area contributed by atoms with Crippen LogP contribution in [-0.2, 0) is 37.5 Å². The van der Waals surface area contributed by atoms with Gasteiger partial charge in [-0.25, -0.2) is 19.1 Å². The summed E-state index contributed by atoms with van der Waals surface area (Å²) in [6, 6.07) is -0.217. The van der Waals surface area contributed by atoms with Gasteiger partial charge in [0.15, 0.2) is 5.78 Å². The van der Waals surface area contributed by atoms with Crippen molar-refractivity contribution in [3.63, 3.8) is 0 Å². The number of Topliss-reactive ketones (excluding diaryl/α,β-unsaturated/α-hetero) is 1. The molecule has 20 heavy (non-hydrogen) atoms. The number of carbonyl (C=O) groups excluding carboxylic acids is 1. The second kappa shape index (κ2) is 10.9. The number of allylic oxidation sites excluding steroid dienone is 2. The number of carbonyl (C=O) groups is 1. The van der Waals surface area contributed by atoms with E-state index in [0.29, 0.717) is 0 Å². The summed E-state index contributed by atoms with van der Waals surface area (Å²) >= 11 is 0. The van der Waals surface area contributed by atoms with Crippen LogP contribution in [0.2, 0.25) is 0 Å². The number of rotatable bonds is 8. The van der Waals surface area contributed by atoms with E-state index < -0.39 is 12.1 Å². The minimum atomic E-state index is -0.654. The maximum absolute atomic E-state index is 12.4. The Morgan fingerprint density at radius 3 is 2.10 bits per heavy atom. The first kappa shape index (κ1) is 22.6. The van der Waals surface area contributed by atoms with Crippen molar-refractivity contribution in [1.29, 1.82) is 0 Å². The fourth-order valence-electron chi connectivity index (χ4n) is 2.03. The number of nitrogens with zero attached hydrogens (tertiary/aromatic N) is 1. The summed E-state index contributed by atoms with van der Waals surface area (Å²) < 4.78 is 0. The quantitative estimate of drug-likeness (QED) is 0.679. The summed E-state index contributed by atoms with van der Waals surface area (Å²) in [5, 5.41) is 10.5. The molecule has 0 aromatic carbocycles. The van der Waals surface area contributed by atoms with Crippen molar-refractivity contribution >= 4 is 5.78 Å². The summed E-state index contributed by atoms with van der Waals surface area (Å²) in [6.07, 6.45) is 3.74. The first-order valence-corrected chi connectivity index (χ1v) is 7.11. The van der Waals surface area contributed by atoms with Crippen LogP contribution in [0.5, 0.6) is 0 Å². The molecule has 0 saturated heterocycles. The molecule has 0 aliphatic carbocycles. The van der Waals surface area contributed by atoms with Gasteiger partial charge in [0, 0.05) is 44.7 Å². The third kappa shape index (κ3) is 6.84. The SMILES string of the molecule is [CH2-]/C=C/C[C@@H](C)C(O)C(C(=O)C(C)C)N(C)C(C)C.[Y]. The van der Waals surface area contributed by atoms with Crippen LogP contribution in [0.3, 0.4) is 0 Å². The minimum Gasteiger partial charge on any atom is -0.391 e. The number of hydrogen-bond acceptors (Lipinski definition) is 3. The monoisotopic (exact) mass is 357 g/mol. The van der Waals surface area contributed by atoms with Crippen molar-refractivity contribution in [1.82, 2.24) is 4.90 Å². The van der Waals surface area contributed by atoms with Gasteiger partial charge in [0.25, 0.3) is 0 Å². The van der Waals surface area contributed by atoms with Crippen molar-refractivity contribution in [3.8, 4) is 0 Å². The molecule has 1 radical (unpaired) electrons. The molecule has 0 amide bonds. The molecule has 0 fully saturated rings. The summed E-state index contributed by atoms with van der Waals surface area (Å²) in [5.74, 6) is 0.0671. The largest absolute Gasteiger partial charge is 0.391 e. The summed E-state index contributed by atoms with van der Waals surface area (Å²) in [6.45, 7) is 13.5. The number of ketones is 1. The number of hydrogen-bond donors (Lipinski definition) is 1. The third-order valence-corrected chi connectivity index (χ3v) is 3.69. The van der Waals surface area contributed by atoms with Crippen molar-refractivity contribution in [3.05, 3.63) is 19.1 Å². The van der Waals surface area contributed by atoms with Gasteiger partial charge in [-0.3, -0.25) is 9.69 Å². The van der Waals surface area contributed by atoms with E-state index in [1.165, 1.54) is 0 Å². The predicted octanol–water partition coefficient (Wildman–Crippen LogP) is 2.70.